The van der Waals surface area contributed by atoms with Crippen molar-refractivity contribution in [1.82, 2.24) is 10.6 Å². The quantitative estimate of drug-likeness (QED) is 0.440. The van der Waals surface area contributed by atoms with E-state index in [0.717, 1.165) is 18.4 Å². The third-order valence-corrected chi connectivity index (χ3v) is 3.65. The maximum atomic E-state index is 4.29. The van der Waals surface area contributed by atoms with Crippen LogP contribution in [0.2, 0.25) is 0 Å². The molecule has 1 fully saturated rings. The van der Waals surface area contributed by atoms with Gasteiger partial charge in [0.2, 0.25) is 0 Å². The van der Waals surface area contributed by atoms with Crippen LogP contribution in [0.3, 0.4) is 0 Å². The van der Waals surface area contributed by atoms with Crippen LogP contribution in [0.4, 0.5) is 0 Å². The molecule has 3 nitrogen and oxygen atoms in total. The largest absolute Gasteiger partial charge is 0.356 e. The molecule has 0 radical (unpaired) electrons. The van der Waals surface area contributed by atoms with E-state index in [2.05, 4.69) is 29.5 Å². The normalized spacial score (nSPS) is 25.7. The lowest BCUT2D eigenvalue weighted by atomic mass is 9.87. The molecule has 1 rings (SSSR count). The van der Waals surface area contributed by atoms with Gasteiger partial charge >= 0.3 is 0 Å². The van der Waals surface area contributed by atoms with Crippen molar-refractivity contribution in [2.45, 2.75) is 64.8 Å². The van der Waals surface area contributed by atoms with Gasteiger partial charge in [0.15, 0.2) is 5.96 Å². The van der Waals surface area contributed by atoms with Gasteiger partial charge in [0.05, 0.1) is 0 Å². The van der Waals surface area contributed by atoms with Crippen molar-refractivity contribution in [3.63, 3.8) is 0 Å². The molecule has 0 amide bonds. The van der Waals surface area contributed by atoms with Crippen molar-refractivity contribution in [3.8, 4) is 0 Å². The van der Waals surface area contributed by atoms with Gasteiger partial charge in [-0.25, -0.2) is 0 Å². The summed E-state index contributed by atoms with van der Waals surface area (Å²) in [5.41, 5.74) is 0. The fourth-order valence-corrected chi connectivity index (χ4v) is 2.37. The number of nitrogens with zero attached hydrogens (tertiary/aromatic N) is 1. The predicted octanol–water partition coefficient (Wildman–Crippen LogP) is 2.92. The molecule has 0 heterocycles. The van der Waals surface area contributed by atoms with Gasteiger partial charge in [0.1, 0.15) is 0 Å². The van der Waals surface area contributed by atoms with Crippen LogP contribution in [0, 0.1) is 5.92 Å². The SMILES string of the molecule is CCCCCNC(=NC)NC1CCC(C)CC1. The lowest BCUT2D eigenvalue weighted by Gasteiger charge is -2.28. The summed E-state index contributed by atoms with van der Waals surface area (Å²) < 4.78 is 0. The molecule has 0 saturated heterocycles. The van der Waals surface area contributed by atoms with Crippen molar-refractivity contribution < 1.29 is 0 Å². The van der Waals surface area contributed by atoms with Crippen LogP contribution < -0.4 is 10.6 Å². The number of rotatable bonds is 5. The van der Waals surface area contributed by atoms with Crippen LogP contribution in [0.5, 0.6) is 0 Å². The van der Waals surface area contributed by atoms with E-state index in [1.165, 1.54) is 44.9 Å². The van der Waals surface area contributed by atoms with E-state index < -0.39 is 0 Å². The zero-order valence-electron chi connectivity index (χ0n) is 11.8. The summed E-state index contributed by atoms with van der Waals surface area (Å²) in [6.07, 6.45) is 9.08. The molecule has 0 aromatic rings. The Kier molecular flexibility index (Phi) is 7.06. The molecule has 1 saturated carbocycles. The van der Waals surface area contributed by atoms with E-state index in [1.807, 2.05) is 7.05 Å². The standard InChI is InChI=1S/C14H29N3/c1-4-5-6-11-16-14(15-3)17-13-9-7-12(2)8-10-13/h12-13H,4-11H2,1-3H3,(H2,15,16,17). The smallest absolute Gasteiger partial charge is 0.191 e. The highest BCUT2D eigenvalue weighted by Crippen LogP contribution is 2.23. The first-order valence-electron chi connectivity index (χ1n) is 7.23. The predicted molar refractivity (Wildman–Crippen MR) is 75.4 cm³/mol. The van der Waals surface area contributed by atoms with Crippen LogP contribution in [0.25, 0.3) is 0 Å². The Morgan fingerprint density at radius 3 is 2.47 bits per heavy atom. The third kappa shape index (κ3) is 5.94. The van der Waals surface area contributed by atoms with Crippen molar-refractivity contribution in [1.29, 1.82) is 0 Å². The van der Waals surface area contributed by atoms with Gasteiger partial charge < -0.3 is 10.6 Å². The summed E-state index contributed by atoms with van der Waals surface area (Å²) in [5.74, 6) is 1.90. The molecule has 0 aromatic carbocycles. The average Bonchev–Trinajstić information content (AvgIpc) is 2.35. The van der Waals surface area contributed by atoms with E-state index in [-0.39, 0.29) is 0 Å². The fraction of sp³-hybridized carbons (Fsp3) is 0.929. The van der Waals surface area contributed by atoms with E-state index in [1.54, 1.807) is 0 Å². The number of aliphatic imine (C=N–C) groups is 1. The molecular weight excluding hydrogens is 210 g/mol. The van der Waals surface area contributed by atoms with Crippen molar-refractivity contribution in [3.05, 3.63) is 0 Å². The van der Waals surface area contributed by atoms with Gasteiger partial charge in [-0.05, 0) is 38.0 Å². The molecule has 0 bridgehead atoms. The Morgan fingerprint density at radius 1 is 1.18 bits per heavy atom. The summed E-state index contributed by atoms with van der Waals surface area (Å²) in [6, 6.07) is 0.628. The lowest BCUT2D eigenvalue weighted by molar-refractivity contribution is 0.329. The molecule has 0 atom stereocenters. The first-order chi connectivity index (χ1) is 8.26. The maximum Gasteiger partial charge on any atom is 0.191 e. The van der Waals surface area contributed by atoms with Gasteiger partial charge in [-0.2, -0.15) is 0 Å². The number of hydrogen-bond acceptors (Lipinski definition) is 1. The monoisotopic (exact) mass is 239 g/mol. The van der Waals surface area contributed by atoms with Crippen molar-refractivity contribution >= 4 is 5.96 Å². The van der Waals surface area contributed by atoms with Gasteiger partial charge in [-0.3, -0.25) is 4.99 Å². The topological polar surface area (TPSA) is 36.4 Å². The molecule has 0 aromatic heterocycles. The average molecular weight is 239 g/mol. The molecule has 1 aliphatic carbocycles. The van der Waals surface area contributed by atoms with E-state index in [4.69, 9.17) is 0 Å². The summed E-state index contributed by atoms with van der Waals surface area (Å²) in [4.78, 5) is 4.29. The number of nitrogens with one attached hydrogen (secondary N) is 2. The van der Waals surface area contributed by atoms with Crippen LogP contribution >= 0.6 is 0 Å². The minimum atomic E-state index is 0.628. The molecule has 2 N–H and O–H groups in total. The highest BCUT2D eigenvalue weighted by Gasteiger charge is 2.18. The second kappa shape index (κ2) is 8.37. The Labute approximate surface area is 106 Å². The molecular formula is C14H29N3. The Hall–Kier alpha value is -0.730. The molecule has 3 heteroatoms. The van der Waals surface area contributed by atoms with Crippen LogP contribution in [0.15, 0.2) is 4.99 Å². The first-order valence-corrected chi connectivity index (χ1v) is 7.23. The highest BCUT2D eigenvalue weighted by atomic mass is 15.2. The Bertz CT molecular complexity index is 218. The van der Waals surface area contributed by atoms with Crippen molar-refractivity contribution in [2.24, 2.45) is 10.9 Å². The second-order valence-electron chi connectivity index (χ2n) is 5.31. The van der Waals surface area contributed by atoms with E-state index >= 15 is 0 Å². The van der Waals surface area contributed by atoms with Crippen molar-refractivity contribution in [2.75, 3.05) is 13.6 Å². The lowest BCUT2D eigenvalue weighted by Crippen LogP contribution is -2.44. The minimum Gasteiger partial charge on any atom is -0.356 e. The summed E-state index contributed by atoms with van der Waals surface area (Å²) in [7, 11) is 1.86. The molecule has 0 spiro atoms. The number of unbranched alkanes of at least 4 members (excludes halogenated alkanes) is 2. The molecule has 1 aliphatic rings. The molecule has 0 unspecified atom stereocenters. The van der Waals surface area contributed by atoms with Gasteiger partial charge in [0.25, 0.3) is 0 Å². The maximum absolute atomic E-state index is 4.29. The fourth-order valence-electron chi connectivity index (χ4n) is 2.37. The minimum absolute atomic E-state index is 0.628. The van der Waals surface area contributed by atoms with E-state index in [9.17, 15) is 0 Å². The zero-order chi connectivity index (χ0) is 12.5. The Morgan fingerprint density at radius 2 is 1.88 bits per heavy atom. The van der Waals surface area contributed by atoms with E-state index in [0.29, 0.717) is 6.04 Å². The summed E-state index contributed by atoms with van der Waals surface area (Å²) in [5, 5.41) is 6.94. The zero-order valence-corrected chi connectivity index (χ0v) is 11.8. The van der Waals surface area contributed by atoms with Gasteiger partial charge in [0, 0.05) is 19.6 Å². The van der Waals surface area contributed by atoms with Gasteiger partial charge in [-0.15, -0.1) is 0 Å². The molecule has 17 heavy (non-hydrogen) atoms. The summed E-state index contributed by atoms with van der Waals surface area (Å²) >= 11 is 0. The van der Waals surface area contributed by atoms with Crippen LogP contribution in [-0.2, 0) is 0 Å². The van der Waals surface area contributed by atoms with Crippen LogP contribution in [-0.4, -0.2) is 25.6 Å². The highest BCUT2D eigenvalue weighted by molar-refractivity contribution is 5.79. The molecule has 0 aliphatic heterocycles. The first kappa shape index (κ1) is 14.3. The number of guanidine groups is 1. The second-order valence-corrected chi connectivity index (χ2v) is 5.31. The third-order valence-electron chi connectivity index (χ3n) is 3.65. The van der Waals surface area contributed by atoms with Gasteiger partial charge in [-0.1, -0.05) is 26.7 Å². The molecule has 100 valence electrons. The number of hydrogen-bond donors (Lipinski definition) is 2. The summed E-state index contributed by atoms with van der Waals surface area (Å²) in [6.45, 7) is 5.63. The van der Waals surface area contributed by atoms with Crippen LogP contribution in [0.1, 0.15) is 58.8 Å². The Balaban J connectivity index is 2.18.